The summed E-state index contributed by atoms with van der Waals surface area (Å²) in [4.78, 5) is 36.4. The average Bonchev–Trinajstić information content (AvgIpc) is 3.16. The summed E-state index contributed by atoms with van der Waals surface area (Å²) in [5.41, 5.74) is 4.66. The number of hydrogen-bond acceptors (Lipinski definition) is 4. The number of carboxylic acids is 1. The van der Waals surface area contributed by atoms with Crippen LogP contribution in [-0.4, -0.2) is 42.3 Å². The number of carbonyl (C=O) groups is 3. The molecule has 3 N–H and O–H groups in total. The molecule has 180 valence electrons. The van der Waals surface area contributed by atoms with Crippen molar-refractivity contribution in [2.75, 3.05) is 13.2 Å². The highest BCUT2D eigenvalue weighted by Gasteiger charge is 2.33. The number of aliphatic carboxylic acids is 1. The lowest BCUT2D eigenvalue weighted by molar-refractivity contribution is -0.141. The van der Waals surface area contributed by atoms with Gasteiger partial charge in [0.2, 0.25) is 5.91 Å². The smallest absolute Gasteiger partial charge is 0.407 e. The lowest BCUT2D eigenvalue weighted by atomic mass is 9.84. The second-order valence-electron chi connectivity index (χ2n) is 9.29. The highest BCUT2D eigenvalue weighted by atomic mass is 16.5. The lowest BCUT2D eigenvalue weighted by Crippen LogP contribution is -2.48. The molecule has 0 radical (unpaired) electrons. The molecule has 0 heterocycles. The third kappa shape index (κ3) is 5.24. The van der Waals surface area contributed by atoms with Gasteiger partial charge in [0.05, 0.1) is 11.8 Å². The fraction of sp³-hybridized carbons (Fsp3) is 0.444. The molecule has 0 spiro atoms. The number of amides is 2. The van der Waals surface area contributed by atoms with Gasteiger partial charge in [-0.2, -0.15) is 0 Å². The molecule has 2 amide bonds. The number of fused-ring (bicyclic) bond motifs is 3. The molecule has 1 unspecified atom stereocenters. The number of carboxylic acid groups (broad SMARTS) is 1. The van der Waals surface area contributed by atoms with Gasteiger partial charge >= 0.3 is 12.1 Å². The maximum atomic E-state index is 12.7. The van der Waals surface area contributed by atoms with Crippen molar-refractivity contribution in [1.82, 2.24) is 10.6 Å². The fourth-order valence-corrected chi connectivity index (χ4v) is 5.08. The zero-order valence-electron chi connectivity index (χ0n) is 19.5. The number of nitrogens with one attached hydrogen (secondary N) is 2. The summed E-state index contributed by atoms with van der Waals surface area (Å²) in [6.45, 7) is 2.16. The zero-order valence-corrected chi connectivity index (χ0v) is 19.5. The summed E-state index contributed by atoms with van der Waals surface area (Å²) in [5, 5.41) is 14.8. The van der Waals surface area contributed by atoms with Crippen molar-refractivity contribution in [3.63, 3.8) is 0 Å². The van der Waals surface area contributed by atoms with Crippen molar-refractivity contribution in [2.45, 2.75) is 51.0 Å². The van der Waals surface area contributed by atoms with E-state index in [0.717, 1.165) is 24.0 Å². The Bertz CT molecular complexity index is 1010. The highest BCUT2D eigenvalue weighted by Crippen LogP contribution is 2.44. The van der Waals surface area contributed by atoms with Crippen molar-refractivity contribution in [1.29, 1.82) is 0 Å². The first-order chi connectivity index (χ1) is 16.5. The van der Waals surface area contributed by atoms with E-state index in [1.165, 1.54) is 11.1 Å². The van der Waals surface area contributed by atoms with E-state index in [-0.39, 0.29) is 30.4 Å². The summed E-state index contributed by atoms with van der Waals surface area (Å²) < 4.78 is 5.66. The van der Waals surface area contributed by atoms with Crippen LogP contribution in [-0.2, 0) is 14.3 Å². The minimum atomic E-state index is -0.873. The first-order valence-electron chi connectivity index (χ1n) is 12.1. The topological polar surface area (TPSA) is 105 Å². The normalized spacial score (nSPS) is 20.0. The number of carbonyl (C=O) groups excluding carboxylic acids is 2. The van der Waals surface area contributed by atoms with Crippen molar-refractivity contribution in [3.05, 3.63) is 59.7 Å². The Morgan fingerprint density at radius 2 is 1.62 bits per heavy atom. The van der Waals surface area contributed by atoms with Gasteiger partial charge in [0.1, 0.15) is 6.61 Å². The monoisotopic (exact) mass is 464 g/mol. The van der Waals surface area contributed by atoms with Crippen molar-refractivity contribution >= 4 is 18.0 Å². The van der Waals surface area contributed by atoms with Crippen LogP contribution >= 0.6 is 0 Å². The summed E-state index contributed by atoms with van der Waals surface area (Å²) in [5.74, 6) is -1.88. The first-order valence-corrected chi connectivity index (χ1v) is 12.1. The largest absolute Gasteiger partial charge is 0.481 e. The zero-order chi connectivity index (χ0) is 24.1. The Morgan fingerprint density at radius 1 is 1.00 bits per heavy atom. The van der Waals surface area contributed by atoms with Gasteiger partial charge in [-0.3, -0.25) is 9.59 Å². The van der Waals surface area contributed by atoms with Crippen molar-refractivity contribution in [2.24, 2.45) is 11.8 Å². The molecule has 7 heteroatoms. The molecular formula is C27H32N2O5. The molecule has 0 aliphatic heterocycles. The summed E-state index contributed by atoms with van der Waals surface area (Å²) >= 11 is 0. The summed E-state index contributed by atoms with van der Waals surface area (Å²) in [6.07, 6.45) is 3.13. The first kappa shape index (κ1) is 23.8. The molecule has 2 aromatic rings. The van der Waals surface area contributed by atoms with Crippen LogP contribution < -0.4 is 10.6 Å². The third-order valence-electron chi connectivity index (χ3n) is 7.05. The molecule has 2 aromatic carbocycles. The number of ether oxygens (including phenoxy) is 1. The van der Waals surface area contributed by atoms with Crippen LogP contribution in [0.3, 0.4) is 0 Å². The molecule has 1 saturated carbocycles. The molecule has 2 aliphatic rings. The minimum absolute atomic E-state index is 0.0140. The van der Waals surface area contributed by atoms with E-state index in [2.05, 4.69) is 34.9 Å². The highest BCUT2D eigenvalue weighted by molar-refractivity contribution is 5.81. The SMILES string of the molecule is CC(CCNC(=O)[C@@H]1CCCC[C@@H]1NC(=O)OCC1c2ccccc2-c2ccccc21)C(=O)O. The van der Waals surface area contributed by atoms with Gasteiger partial charge in [-0.1, -0.05) is 68.3 Å². The lowest BCUT2D eigenvalue weighted by Gasteiger charge is -2.31. The van der Waals surface area contributed by atoms with Crippen LogP contribution in [0.25, 0.3) is 11.1 Å². The minimum Gasteiger partial charge on any atom is -0.481 e. The molecule has 0 aromatic heterocycles. The number of hydrogen-bond donors (Lipinski definition) is 3. The van der Waals surface area contributed by atoms with Crippen LogP contribution in [0, 0.1) is 11.8 Å². The van der Waals surface area contributed by atoms with Gasteiger partial charge in [0.25, 0.3) is 0 Å². The van der Waals surface area contributed by atoms with E-state index in [1.807, 2.05) is 24.3 Å². The Morgan fingerprint density at radius 3 is 2.26 bits per heavy atom. The average molecular weight is 465 g/mol. The predicted molar refractivity (Wildman–Crippen MR) is 128 cm³/mol. The van der Waals surface area contributed by atoms with Crippen molar-refractivity contribution in [3.8, 4) is 11.1 Å². The molecule has 1 fully saturated rings. The van der Waals surface area contributed by atoms with Crippen molar-refractivity contribution < 1.29 is 24.2 Å². The van der Waals surface area contributed by atoms with Gasteiger partial charge in [-0.25, -0.2) is 4.79 Å². The predicted octanol–water partition coefficient (Wildman–Crippen LogP) is 4.31. The Kier molecular flexibility index (Phi) is 7.50. The van der Waals surface area contributed by atoms with Gasteiger partial charge in [0.15, 0.2) is 0 Å². The molecule has 2 aliphatic carbocycles. The maximum Gasteiger partial charge on any atom is 0.407 e. The van der Waals surface area contributed by atoms with Crippen LogP contribution in [0.15, 0.2) is 48.5 Å². The Hall–Kier alpha value is -3.35. The van der Waals surface area contributed by atoms with E-state index >= 15 is 0 Å². The van der Waals surface area contributed by atoms with Crippen LogP contribution in [0.2, 0.25) is 0 Å². The third-order valence-corrected chi connectivity index (χ3v) is 7.05. The molecule has 3 atom stereocenters. The summed E-state index contributed by atoms with van der Waals surface area (Å²) in [6, 6.07) is 16.1. The Balaban J connectivity index is 1.33. The number of rotatable bonds is 8. The second kappa shape index (κ2) is 10.7. The Labute approximate surface area is 199 Å². The van der Waals surface area contributed by atoms with Crippen LogP contribution in [0.4, 0.5) is 4.79 Å². The number of alkyl carbamates (subject to hydrolysis) is 1. The van der Waals surface area contributed by atoms with Gasteiger partial charge in [-0.15, -0.1) is 0 Å². The standard InChI is InChI=1S/C27H32N2O5/c1-17(26(31)32)14-15-28-25(30)22-12-6-7-13-24(22)29-27(33)34-16-23-20-10-4-2-8-18(20)19-9-3-5-11-21(19)23/h2-5,8-11,17,22-24H,6-7,12-16H2,1H3,(H,28,30)(H,29,33)(H,31,32)/t17?,22-,24+/m1/s1. The summed E-state index contributed by atoms with van der Waals surface area (Å²) in [7, 11) is 0. The molecule has 34 heavy (non-hydrogen) atoms. The second-order valence-corrected chi connectivity index (χ2v) is 9.29. The van der Waals surface area contributed by atoms with Gasteiger partial charge < -0.3 is 20.5 Å². The van der Waals surface area contributed by atoms with E-state index in [0.29, 0.717) is 25.8 Å². The van der Waals surface area contributed by atoms with E-state index in [4.69, 9.17) is 9.84 Å². The van der Waals surface area contributed by atoms with Crippen LogP contribution in [0.1, 0.15) is 56.1 Å². The molecule has 4 rings (SSSR count). The van der Waals surface area contributed by atoms with Crippen LogP contribution in [0.5, 0.6) is 0 Å². The molecule has 7 nitrogen and oxygen atoms in total. The molecule has 0 saturated heterocycles. The van der Waals surface area contributed by atoms with E-state index < -0.39 is 18.0 Å². The molecule has 0 bridgehead atoms. The van der Waals surface area contributed by atoms with Gasteiger partial charge in [-0.05, 0) is 41.5 Å². The fourth-order valence-electron chi connectivity index (χ4n) is 5.08. The number of benzene rings is 2. The van der Waals surface area contributed by atoms with E-state index in [1.54, 1.807) is 6.92 Å². The maximum absolute atomic E-state index is 12.7. The quantitative estimate of drug-likeness (QED) is 0.540. The molecular weight excluding hydrogens is 432 g/mol. The van der Waals surface area contributed by atoms with Gasteiger partial charge in [0, 0.05) is 18.5 Å². The van der Waals surface area contributed by atoms with E-state index in [9.17, 15) is 14.4 Å².